The van der Waals surface area contributed by atoms with E-state index in [4.69, 9.17) is 0 Å². The third kappa shape index (κ3) is 3.73. The molecule has 0 fully saturated rings. The number of nitrogens with zero attached hydrogens (tertiary/aromatic N) is 2. The molecule has 0 atom stereocenters. The number of aliphatic imine (C=N–C) groups is 1. The van der Waals surface area contributed by atoms with E-state index in [1.54, 1.807) is 7.05 Å². The van der Waals surface area contributed by atoms with Gasteiger partial charge in [-0.2, -0.15) is 0 Å². The van der Waals surface area contributed by atoms with Gasteiger partial charge in [-0.25, -0.2) is 0 Å². The molecular weight excluding hydrogens is 226 g/mol. The predicted octanol–water partition coefficient (Wildman–Crippen LogP) is 2.69. The number of amides is 1. The summed E-state index contributed by atoms with van der Waals surface area (Å²) < 4.78 is 0. The van der Waals surface area contributed by atoms with Crippen LogP contribution in [0.4, 0.5) is 11.4 Å². The van der Waals surface area contributed by atoms with Gasteiger partial charge in [0.15, 0.2) is 0 Å². The highest BCUT2D eigenvalue weighted by atomic mass is 16.1. The van der Waals surface area contributed by atoms with Gasteiger partial charge in [0.25, 0.3) is 0 Å². The lowest BCUT2D eigenvalue weighted by atomic mass is 10.2. The third-order valence-corrected chi connectivity index (χ3v) is 2.46. The van der Waals surface area contributed by atoms with Crippen LogP contribution >= 0.6 is 0 Å². The quantitative estimate of drug-likeness (QED) is 0.657. The fraction of sp³-hybridized carbons (Fsp3) is 0.286. The summed E-state index contributed by atoms with van der Waals surface area (Å²) in [5, 5.41) is 2.74. The Hall–Kier alpha value is -2.10. The Labute approximate surface area is 108 Å². The van der Waals surface area contributed by atoms with E-state index < -0.39 is 0 Å². The first kappa shape index (κ1) is 14.0. The van der Waals surface area contributed by atoms with Crippen LogP contribution in [0, 0.1) is 0 Å². The standard InChI is InChI=1S/C14H19N3O/c1-5-6-14(15-3)17(4)13-9-7-12(8-10-13)16-11(2)18/h5-10H,1-4H3,(H,16,18)/b6-5+,15-14?. The summed E-state index contributed by atoms with van der Waals surface area (Å²) in [5.74, 6) is 0.811. The summed E-state index contributed by atoms with van der Waals surface area (Å²) in [6, 6.07) is 7.63. The molecule has 96 valence electrons. The van der Waals surface area contributed by atoms with Crippen LogP contribution in [0.2, 0.25) is 0 Å². The highest BCUT2D eigenvalue weighted by molar-refractivity contribution is 6.05. The molecule has 4 nitrogen and oxygen atoms in total. The Bertz CT molecular complexity index is 460. The lowest BCUT2D eigenvalue weighted by Gasteiger charge is -2.19. The van der Waals surface area contributed by atoms with Gasteiger partial charge in [-0.05, 0) is 37.3 Å². The minimum atomic E-state index is -0.0687. The molecule has 18 heavy (non-hydrogen) atoms. The van der Waals surface area contributed by atoms with Crippen LogP contribution in [0.5, 0.6) is 0 Å². The fourth-order valence-corrected chi connectivity index (χ4v) is 1.59. The van der Waals surface area contributed by atoms with Gasteiger partial charge in [-0.3, -0.25) is 9.79 Å². The number of hydrogen-bond acceptors (Lipinski definition) is 2. The predicted molar refractivity (Wildman–Crippen MR) is 77.3 cm³/mol. The zero-order valence-corrected chi connectivity index (χ0v) is 11.3. The van der Waals surface area contributed by atoms with Crippen molar-refractivity contribution >= 4 is 23.1 Å². The minimum Gasteiger partial charge on any atom is -0.330 e. The number of hydrogen-bond donors (Lipinski definition) is 1. The van der Waals surface area contributed by atoms with Crippen molar-refractivity contribution in [3.05, 3.63) is 36.4 Å². The van der Waals surface area contributed by atoms with Crippen LogP contribution in [0.25, 0.3) is 0 Å². The van der Waals surface area contributed by atoms with E-state index in [1.807, 2.05) is 55.3 Å². The number of carbonyl (C=O) groups excluding carboxylic acids is 1. The van der Waals surface area contributed by atoms with E-state index in [0.29, 0.717) is 0 Å². The number of likely N-dealkylation sites (N-methyl/N-ethyl adjacent to an activating group) is 1. The van der Waals surface area contributed by atoms with Crippen molar-refractivity contribution in [3.8, 4) is 0 Å². The molecule has 0 saturated heterocycles. The van der Waals surface area contributed by atoms with Gasteiger partial charge in [0.2, 0.25) is 5.91 Å². The highest BCUT2D eigenvalue weighted by Gasteiger charge is 2.05. The Balaban J connectivity index is 2.87. The molecule has 0 aliphatic carbocycles. The van der Waals surface area contributed by atoms with Crippen molar-refractivity contribution in [2.75, 3.05) is 24.3 Å². The van der Waals surface area contributed by atoms with Gasteiger partial charge in [0, 0.05) is 32.4 Å². The molecule has 1 aromatic carbocycles. The van der Waals surface area contributed by atoms with Crippen molar-refractivity contribution in [3.63, 3.8) is 0 Å². The van der Waals surface area contributed by atoms with Gasteiger partial charge in [0.05, 0.1) is 0 Å². The molecule has 0 aliphatic rings. The van der Waals surface area contributed by atoms with Crippen molar-refractivity contribution < 1.29 is 4.79 Å². The van der Waals surface area contributed by atoms with Crippen LogP contribution in [-0.2, 0) is 4.79 Å². The molecule has 4 heteroatoms. The topological polar surface area (TPSA) is 44.7 Å². The number of benzene rings is 1. The summed E-state index contributed by atoms with van der Waals surface area (Å²) in [6.45, 7) is 3.45. The Morgan fingerprint density at radius 3 is 2.39 bits per heavy atom. The Morgan fingerprint density at radius 1 is 1.33 bits per heavy atom. The molecule has 1 N–H and O–H groups in total. The maximum absolute atomic E-state index is 10.9. The minimum absolute atomic E-state index is 0.0687. The van der Waals surface area contributed by atoms with Crippen molar-refractivity contribution in [2.24, 2.45) is 4.99 Å². The summed E-state index contributed by atoms with van der Waals surface area (Å²) in [4.78, 5) is 17.1. The van der Waals surface area contributed by atoms with Crippen LogP contribution in [0.1, 0.15) is 13.8 Å². The normalized spacial score (nSPS) is 11.7. The molecule has 0 unspecified atom stereocenters. The molecular formula is C14H19N3O. The Morgan fingerprint density at radius 2 is 1.94 bits per heavy atom. The van der Waals surface area contributed by atoms with E-state index in [9.17, 15) is 4.79 Å². The number of allylic oxidation sites excluding steroid dienone is 1. The molecule has 0 spiro atoms. The summed E-state index contributed by atoms with van der Waals surface area (Å²) in [7, 11) is 3.72. The lowest BCUT2D eigenvalue weighted by Crippen LogP contribution is -2.24. The molecule has 0 aromatic heterocycles. The number of nitrogens with one attached hydrogen (secondary N) is 1. The molecule has 1 rings (SSSR count). The second-order valence-electron chi connectivity index (χ2n) is 3.87. The number of carbonyl (C=O) groups is 1. The average Bonchev–Trinajstić information content (AvgIpc) is 2.35. The summed E-state index contributed by atoms with van der Waals surface area (Å²) in [6.07, 6.45) is 3.90. The second-order valence-corrected chi connectivity index (χ2v) is 3.87. The largest absolute Gasteiger partial charge is 0.330 e. The first-order valence-electron chi connectivity index (χ1n) is 5.79. The zero-order chi connectivity index (χ0) is 13.5. The summed E-state index contributed by atoms with van der Waals surface area (Å²) in [5.41, 5.74) is 1.81. The van der Waals surface area contributed by atoms with Crippen molar-refractivity contribution in [1.29, 1.82) is 0 Å². The number of anilines is 2. The maximum atomic E-state index is 10.9. The molecule has 1 aromatic rings. The van der Waals surface area contributed by atoms with E-state index in [-0.39, 0.29) is 5.91 Å². The zero-order valence-electron chi connectivity index (χ0n) is 11.3. The first-order chi connectivity index (χ1) is 8.58. The number of rotatable bonds is 3. The van der Waals surface area contributed by atoms with Gasteiger partial charge < -0.3 is 10.2 Å². The monoisotopic (exact) mass is 245 g/mol. The van der Waals surface area contributed by atoms with Gasteiger partial charge in [0.1, 0.15) is 5.84 Å². The van der Waals surface area contributed by atoms with Crippen molar-refractivity contribution in [2.45, 2.75) is 13.8 Å². The second kappa shape index (κ2) is 6.59. The molecule has 0 bridgehead atoms. The van der Waals surface area contributed by atoms with E-state index >= 15 is 0 Å². The lowest BCUT2D eigenvalue weighted by molar-refractivity contribution is -0.114. The van der Waals surface area contributed by atoms with Crippen LogP contribution in [-0.4, -0.2) is 25.8 Å². The first-order valence-corrected chi connectivity index (χ1v) is 5.79. The number of amidine groups is 1. The van der Waals surface area contributed by atoms with E-state index in [1.165, 1.54) is 6.92 Å². The molecule has 0 heterocycles. The van der Waals surface area contributed by atoms with Crippen LogP contribution in [0.15, 0.2) is 41.4 Å². The Kier molecular flexibility index (Phi) is 5.11. The fourth-order valence-electron chi connectivity index (χ4n) is 1.59. The van der Waals surface area contributed by atoms with Crippen molar-refractivity contribution in [1.82, 2.24) is 0 Å². The smallest absolute Gasteiger partial charge is 0.221 e. The highest BCUT2D eigenvalue weighted by Crippen LogP contribution is 2.17. The van der Waals surface area contributed by atoms with Crippen LogP contribution < -0.4 is 10.2 Å². The maximum Gasteiger partial charge on any atom is 0.221 e. The van der Waals surface area contributed by atoms with E-state index in [0.717, 1.165) is 17.2 Å². The molecule has 0 saturated carbocycles. The van der Waals surface area contributed by atoms with Gasteiger partial charge >= 0.3 is 0 Å². The average molecular weight is 245 g/mol. The molecule has 1 amide bonds. The van der Waals surface area contributed by atoms with Gasteiger partial charge in [-0.1, -0.05) is 6.08 Å². The third-order valence-electron chi connectivity index (χ3n) is 2.46. The summed E-state index contributed by atoms with van der Waals surface area (Å²) >= 11 is 0. The van der Waals surface area contributed by atoms with Crippen LogP contribution in [0.3, 0.4) is 0 Å². The van der Waals surface area contributed by atoms with Gasteiger partial charge in [-0.15, -0.1) is 0 Å². The molecule has 0 aliphatic heterocycles. The van der Waals surface area contributed by atoms with E-state index in [2.05, 4.69) is 10.3 Å². The SMILES string of the molecule is C/C=C/C(=NC)N(C)c1ccc(NC(C)=O)cc1. The molecule has 0 radical (unpaired) electrons.